The molecular weight excluding hydrogens is 381 g/mol. The first-order valence-corrected chi connectivity index (χ1v) is 10.2. The normalized spacial score (nSPS) is 16.4. The summed E-state index contributed by atoms with van der Waals surface area (Å²) in [4.78, 5) is 2.27. The Balaban J connectivity index is 1.69. The van der Waals surface area contributed by atoms with Crippen LogP contribution >= 0.6 is 0 Å². The number of methoxy groups -OCH3 is 1. The van der Waals surface area contributed by atoms with Crippen LogP contribution in [0.5, 0.6) is 5.75 Å². The molecular formula is C23H28FN5O. The number of benzene rings is 2. The minimum atomic E-state index is -0.388. The summed E-state index contributed by atoms with van der Waals surface area (Å²) >= 11 is 0. The molecule has 6 nitrogen and oxygen atoms in total. The molecule has 7 heteroatoms. The zero-order chi connectivity index (χ0) is 21.1. The van der Waals surface area contributed by atoms with Crippen LogP contribution in [0.2, 0.25) is 0 Å². The van der Waals surface area contributed by atoms with Crippen molar-refractivity contribution in [2.45, 2.75) is 25.9 Å². The van der Waals surface area contributed by atoms with Crippen molar-refractivity contribution >= 4 is 0 Å². The predicted octanol–water partition coefficient (Wildman–Crippen LogP) is 3.29. The summed E-state index contributed by atoms with van der Waals surface area (Å²) in [6, 6.07) is 13.5. The molecule has 1 aromatic heterocycles. The van der Waals surface area contributed by atoms with Crippen molar-refractivity contribution in [1.82, 2.24) is 25.5 Å². The molecule has 30 heavy (non-hydrogen) atoms. The fourth-order valence-corrected chi connectivity index (χ4v) is 3.93. The van der Waals surface area contributed by atoms with E-state index in [1.807, 2.05) is 28.9 Å². The second-order valence-electron chi connectivity index (χ2n) is 7.84. The molecule has 0 saturated carbocycles. The molecule has 1 aliphatic heterocycles. The number of nitrogens with zero attached hydrogens (tertiary/aromatic N) is 3. The molecule has 1 unspecified atom stereocenters. The zero-order valence-electron chi connectivity index (χ0n) is 17.7. The van der Waals surface area contributed by atoms with Crippen LogP contribution in [0.4, 0.5) is 4.39 Å². The molecule has 1 atom stereocenters. The lowest BCUT2D eigenvalue weighted by molar-refractivity contribution is 0.289. The summed E-state index contributed by atoms with van der Waals surface area (Å²) < 4.78 is 21.4. The van der Waals surface area contributed by atoms with Gasteiger partial charge in [0.25, 0.3) is 0 Å². The number of ether oxygens (including phenoxy) is 1. The van der Waals surface area contributed by atoms with E-state index in [0.29, 0.717) is 12.6 Å². The lowest BCUT2D eigenvalue weighted by Crippen LogP contribution is -2.38. The predicted molar refractivity (Wildman–Crippen MR) is 116 cm³/mol. The second kappa shape index (κ2) is 8.95. The number of halogens is 1. The van der Waals surface area contributed by atoms with Gasteiger partial charge in [-0.05, 0) is 50.2 Å². The number of hydrogen-bond donors (Lipinski definition) is 2. The van der Waals surface area contributed by atoms with Gasteiger partial charge in [-0.1, -0.05) is 18.2 Å². The highest BCUT2D eigenvalue weighted by Crippen LogP contribution is 2.29. The van der Waals surface area contributed by atoms with Crippen molar-refractivity contribution < 1.29 is 9.13 Å². The van der Waals surface area contributed by atoms with Crippen molar-refractivity contribution in [3.8, 4) is 22.7 Å². The number of aromatic nitrogens is 2. The summed E-state index contributed by atoms with van der Waals surface area (Å²) in [6.07, 6.45) is 3.15. The molecule has 1 aliphatic rings. The molecule has 2 N–H and O–H groups in total. The topological polar surface area (TPSA) is 54.4 Å². The number of likely N-dealkylation sites (N-methyl/N-ethyl adjacent to an activating group) is 1. The summed E-state index contributed by atoms with van der Waals surface area (Å²) in [5, 5.41) is 4.85. The molecule has 2 aromatic carbocycles. The highest BCUT2D eigenvalue weighted by Gasteiger charge is 2.19. The van der Waals surface area contributed by atoms with Crippen molar-refractivity contribution in [2.24, 2.45) is 0 Å². The third-order valence-corrected chi connectivity index (χ3v) is 5.47. The first-order valence-electron chi connectivity index (χ1n) is 10.2. The van der Waals surface area contributed by atoms with E-state index in [0.717, 1.165) is 47.6 Å². The molecule has 0 aliphatic carbocycles. The first kappa shape index (κ1) is 20.5. The van der Waals surface area contributed by atoms with E-state index < -0.39 is 0 Å². The Bertz CT molecular complexity index is 1010. The van der Waals surface area contributed by atoms with Crippen LogP contribution in [0, 0.1) is 12.7 Å². The van der Waals surface area contributed by atoms with Crippen LogP contribution in [-0.2, 0) is 6.54 Å². The maximum Gasteiger partial charge on any atom is 0.165 e. The van der Waals surface area contributed by atoms with Crippen LogP contribution < -0.4 is 15.6 Å². The average Bonchev–Trinajstić information content (AvgIpc) is 3.38. The molecule has 1 fully saturated rings. The zero-order valence-corrected chi connectivity index (χ0v) is 17.7. The minimum absolute atomic E-state index is 0.232. The molecule has 4 rings (SSSR count). The highest BCUT2D eigenvalue weighted by atomic mass is 19.1. The Morgan fingerprint density at radius 1 is 1.27 bits per heavy atom. The maximum absolute atomic E-state index is 14.4. The summed E-state index contributed by atoms with van der Waals surface area (Å²) in [5.74, 6) is -0.156. The SMILES string of the molecule is COc1ccc(-c2nn(-c3ccccc3C)cc2CN(C)CC2CCNN2)cc1F. The molecule has 0 spiro atoms. The molecule has 0 radical (unpaired) electrons. The van der Waals surface area contributed by atoms with Crippen LogP contribution in [0.15, 0.2) is 48.7 Å². The van der Waals surface area contributed by atoms with Crippen LogP contribution in [0.25, 0.3) is 16.9 Å². The number of nitrogens with one attached hydrogen (secondary N) is 2. The minimum Gasteiger partial charge on any atom is -0.494 e. The van der Waals surface area contributed by atoms with E-state index in [1.165, 1.54) is 13.2 Å². The lowest BCUT2D eigenvalue weighted by Gasteiger charge is -2.20. The summed E-state index contributed by atoms with van der Waals surface area (Å²) in [5.41, 5.74) is 11.2. The van der Waals surface area contributed by atoms with E-state index in [2.05, 4.69) is 42.0 Å². The Morgan fingerprint density at radius 2 is 2.10 bits per heavy atom. The molecule has 158 valence electrons. The fourth-order valence-electron chi connectivity index (χ4n) is 3.93. The maximum atomic E-state index is 14.4. The third-order valence-electron chi connectivity index (χ3n) is 5.47. The summed E-state index contributed by atoms with van der Waals surface area (Å²) in [6.45, 7) is 4.68. The van der Waals surface area contributed by atoms with Gasteiger partial charge < -0.3 is 9.64 Å². The summed E-state index contributed by atoms with van der Waals surface area (Å²) in [7, 11) is 3.57. The van der Waals surface area contributed by atoms with Gasteiger partial charge in [0.05, 0.1) is 18.5 Å². The Hall–Kier alpha value is -2.74. The first-order chi connectivity index (χ1) is 14.5. The van der Waals surface area contributed by atoms with E-state index in [4.69, 9.17) is 9.84 Å². The van der Waals surface area contributed by atoms with Crippen LogP contribution in [0.3, 0.4) is 0 Å². The number of rotatable bonds is 7. The number of hydrazine groups is 1. The Morgan fingerprint density at radius 3 is 2.80 bits per heavy atom. The average molecular weight is 410 g/mol. The van der Waals surface area contributed by atoms with Crippen LogP contribution in [-0.4, -0.2) is 48.0 Å². The van der Waals surface area contributed by atoms with Gasteiger partial charge >= 0.3 is 0 Å². The van der Waals surface area contributed by atoms with Gasteiger partial charge in [0.15, 0.2) is 11.6 Å². The van der Waals surface area contributed by atoms with Crippen molar-refractivity contribution in [1.29, 1.82) is 0 Å². The Labute approximate surface area is 176 Å². The van der Waals surface area contributed by atoms with Gasteiger partial charge in [0.2, 0.25) is 0 Å². The van der Waals surface area contributed by atoms with Gasteiger partial charge in [-0.25, -0.2) is 9.07 Å². The van der Waals surface area contributed by atoms with E-state index in [-0.39, 0.29) is 11.6 Å². The molecule has 1 saturated heterocycles. The quantitative estimate of drug-likeness (QED) is 0.627. The van der Waals surface area contributed by atoms with Gasteiger partial charge in [-0.3, -0.25) is 10.9 Å². The molecule has 3 aromatic rings. The number of aryl methyl sites for hydroxylation is 1. The number of para-hydroxylation sites is 1. The molecule has 0 amide bonds. The van der Waals surface area contributed by atoms with E-state index in [9.17, 15) is 4.39 Å². The van der Waals surface area contributed by atoms with Crippen molar-refractivity contribution in [3.05, 3.63) is 65.6 Å². The van der Waals surface area contributed by atoms with Gasteiger partial charge in [-0.2, -0.15) is 5.10 Å². The lowest BCUT2D eigenvalue weighted by atomic mass is 10.1. The molecule has 2 heterocycles. The van der Waals surface area contributed by atoms with Crippen molar-refractivity contribution in [3.63, 3.8) is 0 Å². The van der Waals surface area contributed by atoms with E-state index in [1.54, 1.807) is 6.07 Å². The van der Waals surface area contributed by atoms with Crippen molar-refractivity contribution in [2.75, 3.05) is 27.2 Å². The monoisotopic (exact) mass is 409 g/mol. The van der Waals surface area contributed by atoms with Gasteiger partial charge in [0, 0.05) is 43.0 Å². The smallest absolute Gasteiger partial charge is 0.165 e. The van der Waals surface area contributed by atoms with E-state index >= 15 is 0 Å². The number of hydrogen-bond acceptors (Lipinski definition) is 5. The molecule has 0 bridgehead atoms. The third kappa shape index (κ3) is 4.38. The standard InChI is InChI=1S/C23H28FN5O/c1-16-6-4-5-7-21(16)29-14-18(13-28(2)15-19-10-11-25-26-19)23(27-29)17-8-9-22(30-3)20(24)12-17/h4-9,12,14,19,25-26H,10-11,13,15H2,1-3H3. The van der Waals surface area contributed by atoms with Gasteiger partial charge in [0.1, 0.15) is 0 Å². The second-order valence-corrected chi connectivity index (χ2v) is 7.84. The Kier molecular flexibility index (Phi) is 6.13. The fraction of sp³-hybridized carbons (Fsp3) is 0.348. The highest BCUT2D eigenvalue weighted by molar-refractivity contribution is 5.64. The largest absolute Gasteiger partial charge is 0.494 e. The van der Waals surface area contributed by atoms with Gasteiger partial charge in [-0.15, -0.1) is 0 Å². The van der Waals surface area contributed by atoms with Crippen LogP contribution in [0.1, 0.15) is 17.5 Å².